The van der Waals surface area contributed by atoms with E-state index < -0.39 is 29.3 Å². The van der Waals surface area contributed by atoms with Crippen LogP contribution in [0.15, 0.2) is 36.4 Å². The Labute approximate surface area is 120 Å². The Morgan fingerprint density at radius 3 is 2.29 bits per heavy atom. The summed E-state index contributed by atoms with van der Waals surface area (Å²) < 4.78 is 53.3. The van der Waals surface area contributed by atoms with Crippen molar-refractivity contribution in [1.29, 1.82) is 0 Å². The Morgan fingerprint density at radius 1 is 0.905 bits per heavy atom. The first kappa shape index (κ1) is 15.5. The molecule has 0 aliphatic carbocycles. The maximum Gasteiger partial charge on any atom is 0.159 e. The van der Waals surface area contributed by atoms with Gasteiger partial charge in [0.25, 0.3) is 0 Å². The first-order chi connectivity index (χ1) is 10.0. The van der Waals surface area contributed by atoms with E-state index in [1.54, 1.807) is 0 Å². The minimum Gasteiger partial charge on any atom is -0.310 e. The van der Waals surface area contributed by atoms with E-state index in [0.717, 1.165) is 30.3 Å². The van der Waals surface area contributed by atoms with Crippen LogP contribution in [-0.4, -0.2) is 6.54 Å². The van der Waals surface area contributed by atoms with Gasteiger partial charge < -0.3 is 5.32 Å². The number of rotatable bonds is 5. The van der Waals surface area contributed by atoms with E-state index >= 15 is 0 Å². The molecule has 0 saturated carbocycles. The normalized spacial score (nSPS) is 12.4. The van der Waals surface area contributed by atoms with Gasteiger partial charge in [-0.05, 0) is 48.9 Å². The second-order valence-electron chi connectivity index (χ2n) is 4.73. The highest BCUT2D eigenvalue weighted by Crippen LogP contribution is 2.23. The van der Waals surface area contributed by atoms with Crippen molar-refractivity contribution in [2.45, 2.75) is 19.4 Å². The summed E-state index contributed by atoms with van der Waals surface area (Å²) in [6.07, 6.45) is 0.228. The van der Waals surface area contributed by atoms with Crippen LogP contribution in [0.3, 0.4) is 0 Å². The van der Waals surface area contributed by atoms with Crippen LogP contribution in [0.1, 0.15) is 24.1 Å². The molecule has 112 valence electrons. The lowest BCUT2D eigenvalue weighted by molar-refractivity contribution is 0.491. The molecule has 5 heteroatoms. The molecule has 2 rings (SSSR count). The third-order valence-electron chi connectivity index (χ3n) is 3.21. The van der Waals surface area contributed by atoms with Crippen LogP contribution in [0.4, 0.5) is 17.6 Å². The summed E-state index contributed by atoms with van der Waals surface area (Å²) in [5.74, 6) is -2.97. The fourth-order valence-corrected chi connectivity index (χ4v) is 2.22. The van der Waals surface area contributed by atoms with Gasteiger partial charge in [-0.3, -0.25) is 0 Å². The van der Waals surface area contributed by atoms with Crippen molar-refractivity contribution < 1.29 is 17.6 Å². The molecule has 0 amide bonds. The van der Waals surface area contributed by atoms with E-state index in [2.05, 4.69) is 5.32 Å². The smallest absolute Gasteiger partial charge is 0.159 e. The molecule has 2 aromatic carbocycles. The van der Waals surface area contributed by atoms with Gasteiger partial charge in [0, 0.05) is 11.6 Å². The van der Waals surface area contributed by atoms with Gasteiger partial charge in [0.15, 0.2) is 11.6 Å². The molecule has 0 aromatic heterocycles. The van der Waals surface area contributed by atoms with Crippen molar-refractivity contribution >= 4 is 0 Å². The Kier molecular flexibility index (Phi) is 4.96. The number of likely N-dealkylation sites (N-methyl/N-ethyl adjacent to an activating group) is 1. The zero-order valence-corrected chi connectivity index (χ0v) is 11.5. The van der Waals surface area contributed by atoms with Gasteiger partial charge in [-0.1, -0.05) is 13.0 Å². The molecule has 0 heterocycles. The van der Waals surface area contributed by atoms with Gasteiger partial charge in [-0.25, -0.2) is 17.6 Å². The third-order valence-corrected chi connectivity index (χ3v) is 3.21. The zero-order chi connectivity index (χ0) is 15.4. The van der Waals surface area contributed by atoms with Crippen LogP contribution >= 0.6 is 0 Å². The van der Waals surface area contributed by atoms with Crippen LogP contribution in [0, 0.1) is 23.3 Å². The Bertz CT molecular complexity index is 628. The van der Waals surface area contributed by atoms with E-state index in [0.29, 0.717) is 12.1 Å². The SMILES string of the molecule is CCNC(Cc1ccc(F)c(F)c1)c1cc(F)ccc1F. The minimum atomic E-state index is -0.956. The molecule has 21 heavy (non-hydrogen) atoms. The number of benzene rings is 2. The predicted octanol–water partition coefficient (Wildman–Crippen LogP) is 4.14. The Morgan fingerprint density at radius 2 is 1.62 bits per heavy atom. The Hall–Kier alpha value is -1.88. The molecular formula is C16H15F4N. The number of hydrogen-bond donors (Lipinski definition) is 1. The summed E-state index contributed by atoms with van der Waals surface area (Å²) in [5, 5.41) is 3.03. The van der Waals surface area contributed by atoms with Crippen LogP contribution in [0.25, 0.3) is 0 Å². The second-order valence-corrected chi connectivity index (χ2v) is 4.73. The predicted molar refractivity (Wildman–Crippen MR) is 72.8 cm³/mol. The zero-order valence-electron chi connectivity index (χ0n) is 11.5. The van der Waals surface area contributed by atoms with Crippen molar-refractivity contribution in [3.05, 3.63) is 70.8 Å². The lowest BCUT2D eigenvalue weighted by atomic mass is 9.98. The summed E-state index contributed by atoms with van der Waals surface area (Å²) in [5.41, 5.74) is 0.671. The lowest BCUT2D eigenvalue weighted by Gasteiger charge is -2.19. The summed E-state index contributed by atoms with van der Waals surface area (Å²) >= 11 is 0. The number of hydrogen-bond acceptors (Lipinski definition) is 1. The fourth-order valence-electron chi connectivity index (χ4n) is 2.22. The van der Waals surface area contributed by atoms with Gasteiger partial charge in [0.1, 0.15) is 11.6 Å². The summed E-state index contributed by atoms with van der Waals surface area (Å²) in [6, 6.07) is 6.21. The van der Waals surface area contributed by atoms with Crippen molar-refractivity contribution in [2.24, 2.45) is 0 Å². The average Bonchev–Trinajstić information content (AvgIpc) is 2.45. The van der Waals surface area contributed by atoms with E-state index in [-0.39, 0.29) is 12.0 Å². The van der Waals surface area contributed by atoms with Crippen LogP contribution in [-0.2, 0) is 6.42 Å². The third kappa shape index (κ3) is 3.82. The molecule has 2 aromatic rings. The van der Waals surface area contributed by atoms with E-state index in [1.807, 2.05) is 6.92 Å². The highest BCUT2D eigenvalue weighted by atomic mass is 19.2. The highest BCUT2D eigenvalue weighted by molar-refractivity contribution is 5.26. The fraction of sp³-hybridized carbons (Fsp3) is 0.250. The van der Waals surface area contributed by atoms with Gasteiger partial charge in [0.2, 0.25) is 0 Å². The first-order valence-corrected chi connectivity index (χ1v) is 6.63. The first-order valence-electron chi connectivity index (χ1n) is 6.63. The molecule has 1 unspecified atom stereocenters. The molecule has 1 atom stereocenters. The highest BCUT2D eigenvalue weighted by Gasteiger charge is 2.17. The second kappa shape index (κ2) is 6.72. The van der Waals surface area contributed by atoms with Crippen LogP contribution < -0.4 is 5.32 Å². The number of nitrogens with one attached hydrogen (secondary N) is 1. The van der Waals surface area contributed by atoms with Gasteiger partial charge in [-0.2, -0.15) is 0 Å². The minimum absolute atomic E-state index is 0.168. The molecule has 0 saturated heterocycles. The summed E-state index contributed by atoms with van der Waals surface area (Å²) in [6.45, 7) is 2.36. The summed E-state index contributed by atoms with van der Waals surface area (Å²) in [7, 11) is 0. The van der Waals surface area contributed by atoms with E-state index in [1.165, 1.54) is 6.07 Å². The molecule has 0 fully saturated rings. The van der Waals surface area contributed by atoms with Gasteiger partial charge >= 0.3 is 0 Å². The van der Waals surface area contributed by atoms with Crippen molar-refractivity contribution in [3.63, 3.8) is 0 Å². The molecule has 1 N–H and O–H groups in total. The topological polar surface area (TPSA) is 12.0 Å². The lowest BCUT2D eigenvalue weighted by Crippen LogP contribution is -2.24. The molecule has 0 aliphatic rings. The maximum atomic E-state index is 13.8. The summed E-state index contributed by atoms with van der Waals surface area (Å²) in [4.78, 5) is 0. The molecular weight excluding hydrogens is 282 g/mol. The van der Waals surface area contributed by atoms with E-state index in [4.69, 9.17) is 0 Å². The van der Waals surface area contributed by atoms with Crippen molar-refractivity contribution in [2.75, 3.05) is 6.54 Å². The number of halogens is 4. The van der Waals surface area contributed by atoms with E-state index in [9.17, 15) is 17.6 Å². The molecule has 1 nitrogen and oxygen atoms in total. The van der Waals surface area contributed by atoms with Crippen LogP contribution in [0.5, 0.6) is 0 Å². The average molecular weight is 297 g/mol. The van der Waals surface area contributed by atoms with Gasteiger partial charge in [-0.15, -0.1) is 0 Å². The van der Waals surface area contributed by atoms with Gasteiger partial charge in [0.05, 0.1) is 0 Å². The van der Waals surface area contributed by atoms with Crippen molar-refractivity contribution in [1.82, 2.24) is 5.32 Å². The monoisotopic (exact) mass is 297 g/mol. The largest absolute Gasteiger partial charge is 0.310 e. The standard InChI is InChI=1S/C16H15F4N/c1-2-21-16(12-9-11(17)4-6-13(12)18)8-10-3-5-14(19)15(20)7-10/h3-7,9,16,21H,2,8H2,1H3. The van der Waals surface area contributed by atoms with Crippen molar-refractivity contribution in [3.8, 4) is 0 Å². The molecule has 0 bridgehead atoms. The molecule has 0 spiro atoms. The quantitative estimate of drug-likeness (QED) is 0.818. The maximum absolute atomic E-state index is 13.8. The molecule has 0 radical (unpaired) electrons. The Balaban J connectivity index is 2.30. The van der Waals surface area contributed by atoms with Crippen LogP contribution in [0.2, 0.25) is 0 Å². The molecule has 0 aliphatic heterocycles.